The number of methoxy groups -OCH3 is 1. The second kappa shape index (κ2) is 4.57. The van der Waals surface area contributed by atoms with Gasteiger partial charge in [-0.1, -0.05) is 12.1 Å². The van der Waals surface area contributed by atoms with Crippen LogP contribution < -0.4 is 9.47 Å². The molecule has 0 fully saturated rings. The smallest absolute Gasteiger partial charge is 0.169 e. The Morgan fingerprint density at radius 2 is 1.50 bits per heavy atom. The summed E-state index contributed by atoms with van der Waals surface area (Å²) in [4.78, 5) is 0. The van der Waals surface area contributed by atoms with E-state index in [1.165, 1.54) is 0 Å². The van der Waals surface area contributed by atoms with Crippen LogP contribution in [0.5, 0.6) is 23.0 Å². The van der Waals surface area contributed by atoms with Crippen molar-refractivity contribution in [3.8, 4) is 23.0 Å². The molecule has 2 rings (SSSR count). The van der Waals surface area contributed by atoms with Crippen molar-refractivity contribution in [2.24, 2.45) is 0 Å². The average molecular weight is 216 g/mol. The molecule has 3 heteroatoms. The van der Waals surface area contributed by atoms with Crippen molar-refractivity contribution >= 4 is 0 Å². The van der Waals surface area contributed by atoms with Crippen molar-refractivity contribution in [2.75, 3.05) is 7.11 Å². The van der Waals surface area contributed by atoms with Crippen LogP contribution >= 0.6 is 0 Å². The number of hydrogen-bond acceptors (Lipinski definition) is 3. The number of hydrogen-bond donors (Lipinski definition) is 1. The molecule has 1 N–H and O–H groups in total. The van der Waals surface area contributed by atoms with Crippen LogP contribution in [0.2, 0.25) is 0 Å². The van der Waals surface area contributed by atoms with Gasteiger partial charge in [0.15, 0.2) is 11.5 Å². The summed E-state index contributed by atoms with van der Waals surface area (Å²) in [5.41, 5.74) is 0. The molecular formula is C13H12O3. The minimum Gasteiger partial charge on any atom is -0.508 e. The maximum Gasteiger partial charge on any atom is 0.169 e. The number of para-hydroxylation sites is 2. The van der Waals surface area contributed by atoms with Gasteiger partial charge in [0.05, 0.1) is 7.11 Å². The molecule has 2 aromatic carbocycles. The van der Waals surface area contributed by atoms with E-state index in [0.29, 0.717) is 17.2 Å². The first kappa shape index (κ1) is 10.4. The highest BCUT2D eigenvalue weighted by atomic mass is 16.5. The van der Waals surface area contributed by atoms with Crippen LogP contribution in [-0.2, 0) is 0 Å². The summed E-state index contributed by atoms with van der Waals surface area (Å²) in [6, 6.07) is 13.9. The lowest BCUT2D eigenvalue weighted by Gasteiger charge is -2.09. The maximum absolute atomic E-state index is 9.14. The zero-order valence-electron chi connectivity index (χ0n) is 8.88. The number of benzene rings is 2. The number of rotatable bonds is 3. The minimum absolute atomic E-state index is 0.215. The average Bonchev–Trinajstić information content (AvgIpc) is 2.33. The van der Waals surface area contributed by atoms with Crippen LogP contribution in [0.4, 0.5) is 0 Å². The molecule has 0 aliphatic rings. The van der Waals surface area contributed by atoms with Gasteiger partial charge in [0.1, 0.15) is 11.5 Å². The second-order valence-corrected chi connectivity index (χ2v) is 3.25. The highest BCUT2D eigenvalue weighted by Crippen LogP contribution is 2.31. The van der Waals surface area contributed by atoms with Gasteiger partial charge in [-0.25, -0.2) is 0 Å². The SMILES string of the molecule is COc1ccccc1Oc1ccc(O)cc1. The first-order valence-electron chi connectivity index (χ1n) is 4.89. The number of ether oxygens (including phenoxy) is 2. The van der Waals surface area contributed by atoms with Crippen molar-refractivity contribution < 1.29 is 14.6 Å². The lowest BCUT2D eigenvalue weighted by atomic mass is 10.3. The van der Waals surface area contributed by atoms with Crippen molar-refractivity contribution in [3.05, 3.63) is 48.5 Å². The van der Waals surface area contributed by atoms with Crippen LogP contribution in [0.1, 0.15) is 0 Å². The van der Waals surface area contributed by atoms with E-state index in [1.807, 2.05) is 24.3 Å². The van der Waals surface area contributed by atoms with Gasteiger partial charge in [-0.15, -0.1) is 0 Å². The standard InChI is InChI=1S/C13H12O3/c1-15-12-4-2-3-5-13(12)16-11-8-6-10(14)7-9-11/h2-9,14H,1H3. The molecule has 2 aromatic rings. The molecule has 16 heavy (non-hydrogen) atoms. The van der Waals surface area contributed by atoms with E-state index >= 15 is 0 Å². The fourth-order valence-electron chi connectivity index (χ4n) is 1.34. The van der Waals surface area contributed by atoms with Gasteiger partial charge in [-0.2, -0.15) is 0 Å². The Labute approximate surface area is 93.9 Å². The second-order valence-electron chi connectivity index (χ2n) is 3.25. The van der Waals surface area contributed by atoms with Gasteiger partial charge in [-0.05, 0) is 36.4 Å². The highest BCUT2D eigenvalue weighted by Gasteiger charge is 2.03. The first-order chi connectivity index (χ1) is 7.79. The quantitative estimate of drug-likeness (QED) is 0.856. The van der Waals surface area contributed by atoms with Gasteiger partial charge in [0.2, 0.25) is 0 Å². The summed E-state index contributed by atoms with van der Waals surface area (Å²) in [5, 5.41) is 9.14. The van der Waals surface area contributed by atoms with Crippen LogP contribution in [0, 0.1) is 0 Å². The first-order valence-corrected chi connectivity index (χ1v) is 4.89. The molecular weight excluding hydrogens is 204 g/mol. The van der Waals surface area contributed by atoms with E-state index in [1.54, 1.807) is 31.4 Å². The summed E-state index contributed by atoms with van der Waals surface area (Å²) >= 11 is 0. The third-order valence-electron chi connectivity index (χ3n) is 2.13. The van der Waals surface area contributed by atoms with Gasteiger partial charge in [0, 0.05) is 0 Å². The minimum atomic E-state index is 0.215. The van der Waals surface area contributed by atoms with Gasteiger partial charge >= 0.3 is 0 Å². The molecule has 3 nitrogen and oxygen atoms in total. The van der Waals surface area contributed by atoms with Crippen molar-refractivity contribution in [1.82, 2.24) is 0 Å². The number of phenolic OH excluding ortho intramolecular Hbond substituents is 1. The normalized spacial score (nSPS) is 9.81. The summed E-state index contributed by atoms with van der Waals surface area (Å²) in [6.07, 6.45) is 0. The lowest BCUT2D eigenvalue weighted by molar-refractivity contribution is 0.378. The van der Waals surface area contributed by atoms with E-state index in [4.69, 9.17) is 14.6 Å². The zero-order chi connectivity index (χ0) is 11.4. The fraction of sp³-hybridized carbons (Fsp3) is 0.0769. The molecule has 0 unspecified atom stereocenters. The molecule has 0 atom stereocenters. The van der Waals surface area contributed by atoms with Crippen LogP contribution in [0.3, 0.4) is 0 Å². The molecule has 0 bridgehead atoms. The molecule has 0 spiro atoms. The van der Waals surface area contributed by atoms with Crippen molar-refractivity contribution in [1.29, 1.82) is 0 Å². The maximum atomic E-state index is 9.14. The van der Waals surface area contributed by atoms with Gasteiger partial charge < -0.3 is 14.6 Å². The van der Waals surface area contributed by atoms with E-state index < -0.39 is 0 Å². The molecule has 0 saturated carbocycles. The number of phenols is 1. The summed E-state index contributed by atoms with van der Waals surface area (Å²) in [6.45, 7) is 0. The van der Waals surface area contributed by atoms with Gasteiger partial charge in [-0.3, -0.25) is 0 Å². The fourth-order valence-corrected chi connectivity index (χ4v) is 1.34. The van der Waals surface area contributed by atoms with Crippen LogP contribution in [0.25, 0.3) is 0 Å². The topological polar surface area (TPSA) is 38.7 Å². The third-order valence-corrected chi connectivity index (χ3v) is 2.13. The molecule has 0 aliphatic carbocycles. The Kier molecular flexibility index (Phi) is 2.96. The van der Waals surface area contributed by atoms with E-state index in [-0.39, 0.29) is 5.75 Å². The molecule has 0 heterocycles. The van der Waals surface area contributed by atoms with Crippen LogP contribution in [-0.4, -0.2) is 12.2 Å². The molecule has 0 aliphatic heterocycles. The molecule has 0 amide bonds. The molecule has 0 saturated heterocycles. The van der Waals surface area contributed by atoms with Crippen molar-refractivity contribution in [3.63, 3.8) is 0 Å². The number of aromatic hydroxyl groups is 1. The highest BCUT2D eigenvalue weighted by molar-refractivity contribution is 5.43. The summed E-state index contributed by atoms with van der Waals surface area (Å²) in [5.74, 6) is 2.20. The largest absolute Gasteiger partial charge is 0.508 e. The molecule has 0 aromatic heterocycles. The summed E-state index contributed by atoms with van der Waals surface area (Å²) < 4.78 is 10.8. The Bertz CT molecular complexity index is 463. The monoisotopic (exact) mass is 216 g/mol. The Morgan fingerprint density at radius 3 is 2.12 bits per heavy atom. The third kappa shape index (κ3) is 2.25. The predicted octanol–water partition coefficient (Wildman–Crippen LogP) is 3.19. The molecule has 0 radical (unpaired) electrons. The van der Waals surface area contributed by atoms with Crippen molar-refractivity contribution in [2.45, 2.75) is 0 Å². The van der Waals surface area contributed by atoms with E-state index in [2.05, 4.69) is 0 Å². The zero-order valence-corrected chi connectivity index (χ0v) is 8.88. The van der Waals surface area contributed by atoms with Crippen LogP contribution in [0.15, 0.2) is 48.5 Å². The Balaban J connectivity index is 2.23. The van der Waals surface area contributed by atoms with Gasteiger partial charge in [0.25, 0.3) is 0 Å². The molecule has 82 valence electrons. The Hall–Kier alpha value is -2.16. The lowest BCUT2D eigenvalue weighted by Crippen LogP contribution is -1.89. The predicted molar refractivity (Wildman–Crippen MR) is 61.2 cm³/mol. The summed E-state index contributed by atoms with van der Waals surface area (Å²) in [7, 11) is 1.60. The van der Waals surface area contributed by atoms with E-state index in [0.717, 1.165) is 0 Å². The Morgan fingerprint density at radius 1 is 0.875 bits per heavy atom. The van der Waals surface area contributed by atoms with E-state index in [9.17, 15) is 0 Å².